The molecule has 1 aromatic carbocycles. The summed E-state index contributed by atoms with van der Waals surface area (Å²) in [6.45, 7) is 4.93. The van der Waals surface area contributed by atoms with Crippen molar-refractivity contribution in [1.82, 2.24) is 4.90 Å². The third-order valence-corrected chi connectivity index (χ3v) is 4.65. The zero-order chi connectivity index (χ0) is 15.2. The SMILES string of the molecule is CCN(Cc1cccc(OC)c1OC)C1CCCC1CN. The van der Waals surface area contributed by atoms with Crippen molar-refractivity contribution in [3.05, 3.63) is 23.8 Å². The largest absolute Gasteiger partial charge is 0.493 e. The minimum absolute atomic E-state index is 0.593. The third kappa shape index (κ3) is 3.50. The number of para-hydroxylation sites is 1. The maximum Gasteiger partial charge on any atom is 0.165 e. The lowest BCUT2D eigenvalue weighted by Crippen LogP contribution is -2.39. The Morgan fingerprint density at radius 2 is 2.05 bits per heavy atom. The first-order valence-corrected chi connectivity index (χ1v) is 7.89. The van der Waals surface area contributed by atoms with Gasteiger partial charge >= 0.3 is 0 Å². The van der Waals surface area contributed by atoms with Crippen molar-refractivity contribution in [3.8, 4) is 11.5 Å². The molecule has 1 aliphatic rings. The normalized spacial score (nSPS) is 21.8. The molecule has 2 rings (SSSR count). The standard InChI is InChI=1S/C17H28N2O2/c1-4-19(15-9-5-7-13(15)11-18)12-14-8-6-10-16(20-2)17(14)21-3/h6,8,10,13,15H,4-5,7,9,11-12,18H2,1-3H3. The van der Waals surface area contributed by atoms with Crippen molar-refractivity contribution in [2.24, 2.45) is 11.7 Å². The molecule has 4 heteroatoms. The van der Waals surface area contributed by atoms with Crippen LogP contribution in [0.5, 0.6) is 11.5 Å². The number of rotatable bonds is 7. The predicted molar refractivity (Wildman–Crippen MR) is 85.8 cm³/mol. The van der Waals surface area contributed by atoms with Crippen molar-refractivity contribution in [1.29, 1.82) is 0 Å². The van der Waals surface area contributed by atoms with Gasteiger partial charge in [0, 0.05) is 18.2 Å². The van der Waals surface area contributed by atoms with E-state index in [-0.39, 0.29) is 0 Å². The first-order valence-electron chi connectivity index (χ1n) is 7.89. The van der Waals surface area contributed by atoms with E-state index in [1.54, 1.807) is 14.2 Å². The van der Waals surface area contributed by atoms with E-state index in [2.05, 4.69) is 17.9 Å². The summed E-state index contributed by atoms with van der Waals surface area (Å²) in [4.78, 5) is 2.53. The van der Waals surface area contributed by atoms with Crippen LogP contribution in [0.25, 0.3) is 0 Å². The van der Waals surface area contributed by atoms with Crippen LogP contribution < -0.4 is 15.2 Å². The van der Waals surface area contributed by atoms with E-state index in [1.165, 1.54) is 24.8 Å². The molecule has 1 saturated carbocycles. The van der Waals surface area contributed by atoms with Gasteiger partial charge in [0.15, 0.2) is 11.5 Å². The number of nitrogens with two attached hydrogens (primary N) is 1. The van der Waals surface area contributed by atoms with E-state index in [0.29, 0.717) is 12.0 Å². The second kappa shape index (κ2) is 7.66. The monoisotopic (exact) mass is 292 g/mol. The Morgan fingerprint density at radius 3 is 2.67 bits per heavy atom. The summed E-state index contributed by atoms with van der Waals surface area (Å²) in [5.74, 6) is 2.27. The van der Waals surface area contributed by atoms with Crippen LogP contribution in [0, 0.1) is 5.92 Å². The number of methoxy groups -OCH3 is 2. The molecular weight excluding hydrogens is 264 g/mol. The van der Waals surface area contributed by atoms with Crippen molar-refractivity contribution in [2.45, 2.75) is 38.8 Å². The Kier molecular flexibility index (Phi) is 5.88. The van der Waals surface area contributed by atoms with Crippen LogP contribution in [0.1, 0.15) is 31.7 Å². The molecular formula is C17H28N2O2. The fraction of sp³-hybridized carbons (Fsp3) is 0.647. The molecule has 0 aliphatic heterocycles. The van der Waals surface area contributed by atoms with E-state index in [0.717, 1.165) is 31.1 Å². The minimum Gasteiger partial charge on any atom is -0.493 e. The highest BCUT2D eigenvalue weighted by Gasteiger charge is 2.30. The number of nitrogens with zero attached hydrogens (tertiary/aromatic N) is 1. The number of benzene rings is 1. The quantitative estimate of drug-likeness (QED) is 0.839. The molecule has 0 saturated heterocycles. The van der Waals surface area contributed by atoms with Crippen LogP contribution in [0.2, 0.25) is 0 Å². The van der Waals surface area contributed by atoms with Gasteiger partial charge < -0.3 is 15.2 Å². The van der Waals surface area contributed by atoms with Gasteiger partial charge in [-0.1, -0.05) is 25.5 Å². The maximum atomic E-state index is 5.94. The first kappa shape index (κ1) is 16.1. The van der Waals surface area contributed by atoms with E-state index in [9.17, 15) is 0 Å². The summed E-state index contributed by atoms with van der Waals surface area (Å²) in [6.07, 6.45) is 3.80. The Morgan fingerprint density at radius 1 is 1.24 bits per heavy atom. The average Bonchev–Trinajstić information content (AvgIpc) is 3.00. The molecule has 21 heavy (non-hydrogen) atoms. The number of hydrogen-bond donors (Lipinski definition) is 1. The van der Waals surface area contributed by atoms with Gasteiger partial charge in [0.2, 0.25) is 0 Å². The summed E-state index contributed by atoms with van der Waals surface area (Å²) < 4.78 is 10.9. The van der Waals surface area contributed by atoms with Crippen LogP contribution in [-0.2, 0) is 6.54 Å². The van der Waals surface area contributed by atoms with E-state index in [4.69, 9.17) is 15.2 Å². The highest BCUT2D eigenvalue weighted by molar-refractivity contribution is 5.46. The summed E-state index contributed by atoms with van der Waals surface area (Å²) in [5, 5.41) is 0. The molecule has 118 valence electrons. The zero-order valence-corrected chi connectivity index (χ0v) is 13.5. The Bertz CT molecular complexity index is 450. The van der Waals surface area contributed by atoms with Gasteiger partial charge in [-0.05, 0) is 37.9 Å². The average molecular weight is 292 g/mol. The summed E-state index contributed by atoms with van der Waals surface area (Å²) in [6, 6.07) is 6.68. The second-order valence-electron chi connectivity index (χ2n) is 5.71. The van der Waals surface area contributed by atoms with Gasteiger partial charge in [-0.2, -0.15) is 0 Å². The van der Waals surface area contributed by atoms with Crippen molar-refractivity contribution >= 4 is 0 Å². The number of hydrogen-bond acceptors (Lipinski definition) is 4. The molecule has 1 aliphatic carbocycles. The zero-order valence-electron chi connectivity index (χ0n) is 13.5. The van der Waals surface area contributed by atoms with Crippen molar-refractivity contribution in [3.63, 3.8) is 0 Å². The van der Waals surface area contributed by atoms with Gasteiger partial charge in [-0.3, -0.25) is 4.90 Å². The van der Waals surface area contributed by atoms with E-state index >= 15 is 0 Å². The highest BCUT2D eigenvalue weighted by Crippen LogP contribution is 2.34. The molecule has 2 N–H and O–H groups in total. The molecule has 0 radical (unpaired) electrons. The van der Waals surface area contributed by atoms with Gasteiger partial charge in [0.05, 0.1) is 14.2 Å². The van der Waals surface area contributed by atoms with Crippen molar-refractivity contribution in [2.75, 3.05) is 27.3 Å². The third-order valence-electron chi connectivity index (χ3n) is 4.65. The van der Waals surface area contributed by atoms with Crippen LogP contribution in [0.4, 0.5) is 0 Å². The Hall–Kier alpha value is -1.26. The van der Waals surface area contributed by atoms with Gasteiger partial charge in [-0.15, -0.1) is 0 Å². The predicted octanol–water partition coefficient (Wildman–Crippen LogP) is 2.65. The van der Waals surface area contributed by atoms with Gasteiger partial charge in [0.25, 0.3) is 0 Å². The fourth-order valence-corrected chi connectivity index (χ4v) is 3.53. The van der Waals surface area contributed by atoms with Crippen LogP contribution in [0.3, 0.4) is 0 Å². The molecule has 1 fully saturated rings. The van der Waals surface area contributed by atoms with Crippen LogP contribution >= 0.6 is 0 Å². The molecule has 0 heterocycles. The van der Waals surface area contributed by atoms with E-state index in [1.807, 2.05) is 12.1 Å². The molecule has 0 aromatic heterocycles. The molecule has 2 unspecified atom stereocenters. The highest BCUT2D eigenvalue weighted by atomic mass is 16.5. The fourth-order valence-electron chi connectivity index (χ4n) is 3.53. The molecule has 0 bridgehead atoms. The van der Waals surface area contributed by atoms with Crippen LogP contribution in [-0.4, -0.2) is 38.3 Å². The molecule has 2 atom stereocenters. The summed E-state index contributed by atoms with van der Waals surface area (Å²) >= 11 is 0. The first-order chi connectivity index (χ1) is 10.2. The lowest BCUT2D eigenvalue weighted by atomic mass is 10.0. The Balaban J connectivity index is 2.18. The smallest absolute Gasteiger partial charge is 0.165 e. The molecule has 1 aromatic rings. The maximum absolute atomic E-state index is 5.94. The molecule has 0 amide bonds. The number of ether oxygens (including phenoxy) is 2. The van der Waals surface area contributed by atoms with Crippen LogP contribution in [0.15, 0.2) is 18.2 Å². The summed E-state index contributed by atoms with van der Waals surface area (Å²) in [7, 11) is 3.39. The molecule has 0 spiro atoms. The van der Waals surface area contributed by atoms with E-state index < -0.39 is 0 Å². The van der Waals surface area contributed by atoms with Gasteiger partial charge in [-0.25, -0.2) is 0 Å². The lowest BCUT2D eigenvalue weighted by molar-refractivity contribution is 0.160. The topological polar surface area (TPSA) is 47.7 Å². The molecule has 4 nitrogen and oxygen atoms in total. The van der Waals surface area contributed by atoms with Gasteiger partial charge in [0.1, 0.15) is 0 Å². The van der Waals surface area contributed by atoms with Crippen molar-refractivity contribution < 1.29 is 9.47 Å². The second-order valence-corrected chi connectivity index (χ2v) is 5.71. The Labute approximate surface area is 128 Å². The summed E-state index contributed by atoms with van der Waals surface area (Å²) in [5.41, 5.74) is 7.12. The lowest BCUT2D eigenvalue weighted by Gasteiger charge is -2.32. The minimum atomic E-state index is 0.593.